The van der Waals surface area contributed by atoms with Crippen molar-refractivity contribution < 1.29 is 14.7 Å². The lowest BCUT2D eigenvalue weighted by molar-refractivity contribution is -0.975. The SMILES string of the molecule is CC(C)(C)[NH+]1C[C@@H](CO)O[C@@H]1c1ccccc1. The summed E-state index contributed by atoms with van der Waals surface area (Å²) in [5.41, 5.74) is 1.30. The van der Waals surface area contributed by atoms with Crippen LogP contribution in [0.4, 0.5) is 0 Å². The lowest BCUT2D eigenvalue weighted by Gasteiger charge is -2.32. The van der Waals surface area contributed by atoms with Gasteiger partial charge >= 0.3 is 0 Å². The predicted octanol–water partition coefficient (Wildman–Crippen LogP) is 0.760. The minimum Gasteiger partial charge on any atom is -0.393 e. The van der Waals surface area contributed by atoms with Crippen molar-refractivity contribution in [1.82, 2.24) is 0 Å². The molecule has 1 saturated heterocycles. The summed E-state index contributed by atoms with van der Waals surface area (Å²) < 4.78 is 5.95. The molecule has 1 aliphatic rings. The lowest BCUT2D eigenvalue weighted by Crippen LogP contribution is -3.17. The monoisotopic (exact) mass is 236 g/mol. The van der Waals surface area contributed by atoms with E-state index in [1.165, 1.54) is 10.5 Å². The molecule has 3 heteroatoms. The molecule has 0 aromatic heterocycles. The summed E-state index contributed by atoms with van der Waals surface area (Å²) in [7, 11) is 0. The summed E-state index contributed by atoms with van der Waals surface area (Å²) in [4.78, 5) is 1.38. The van der Waals surface area contributed by atoms with E-state index in [4.69, 9.17) is 4.74 Å². The smallest absolute Gasteiger partial charge is 0.219 e. The number of nitrogens with one attached hydrogen (secondary N) is 1. The van der Waals surface area contributed by atoms with Crippen LogP contribution in [0, 0.1) is 0 Å². The van der Waals surface area contributed by atoms with Crippen LogP contribution in [0.15, 0.2) is 30.3 Å². The van der Waals surface area contributed by atoms with Crippen molar-refractivity contribution in [2.75, 3.05) is 13.2 Å². The summed E-state index contributed by atoms with van der Waals surface area (Å²) in [5.74, 6) is 0. The first-order valence-electron chi connectivity index (χ1n) is 6.20. The highest BCUT2D eigenvalue weighted by molar-refractivity contribution is 5.16. The molecule has 17 heavy (non-hydrogen) atoms. The highest BCUT2D eigenvalue weighted by Gasteiger charge is 2.43. The first-order valence-corrected chi connectivity index (χ1v) is 6.20. The van der Waals surface area contributed by atoms with Crippen LogP contribution in [0.5, 0.6) is 0 Å². The minimum atomic E-state index is -0.0468. The van der Waals surface area contributed by atoms with Gasteiger partial charge in [-0.25, -0.2) is 0 Å². The first-order chi connectivity index (χ1) is 8.02. The third-order valence-corrected chi connectivity index (χ3v) is 3.36. The molecule has 0 amide bonds. The first kappa shape index (κ1) is 12.6. The number of aliphatic hydroxyl groups is 1. The van der Waals surface area contributed by atoms with Crippen molar-refractivity contribution >= 4 is 0 Å². The van der Waals surface area contributed by atoms with E-state index in [0.29, 0.717) is 0 Å². The summed E-state index contributed by atoms with van der Waals surface area (Å²) in [6.45, 7) is 7.59. The Labute approximate surface area is 103 Å². The Balaban J connectivity index is 2.25. The molecule has 0 bridgehead atoms. The molecule has 1 aliphatic heterocycles. The third kappa shape index (κ3) is 2.68. The van der Waals surface area contributed by atoms with Crippen LogP contribution in [0.25, 0.3) is 0 Å². The van der Waals surface area contributed by atoms with Gasteiger partial charge in [-0.1, -0.05) is 30.3 Å². The molecule has 1 unspecified atom stereocenters. The molecule has 0 spiro atoms. The van der Waals surface area contributed by atoms with Crippen molar-refractivity contribution in [1.29, 1.82) is 0 Å². The van der Waals surface area contributed by atoms with Gasteiger partial charge in [0.15, 0.2) is 0 Å². The van der Waals surface area contributed by atoms with E-state index in [1.807, 2.05) is 18.2 Å². The molecular weight excluding hydrogens is 214 g/mol. The highest BCUT2D eigenvalue weighted by Crippen LogP contribution is 2.19. The zero-order valence-electron chi connectivity index (χ0n) is 10.8. The van der Waals surface area contributed by atoms with E-state index in [0.717, 1.165) is 6.54 Å². The molecule has 0 aliphatic carbocycles. The van der Waals surface area contributed by atoms with Crippen molar-refractivity contribution in [3.63, 3.8) is 0 Å². The van der Waals surface area contributed by atoms with Crippen molar-refractivity contribution in [2.45, 2.75) is 38.6 Å². The molecule has 1 heterocycles. The fraction of sp³-hybridized carbons (Fsp3) is 0.571. The standard InChI is InChI=1S/C14H21NO2/c1-14(2,3)15-9-12(10-16)17-13(15)11-7-5-4-6-8-11/h4-8,12-13,16H,9-10H2,1-3H3/p+1/t12-,13+/m0/s1. The molecule has 1 fully saturated rings. The van der Waals surface area contributed by atoms with Gasteiger partial charge in [0, 0.05) is 5.56 Å². The maximum atomic E-state index is 9.28. The Morgan fingerprint density at radius 2 is 1.94 bits per heavy atom. The quantitative estimate of drug-likeness (QED) is 0.795. The third-order valence-electron chi connectivity index (χ3n) is 3.36. The molecule has 0 radical (unpaired) electrons. The van der Waals surface area contributed by atoms with Crippen LogP contribution in [-0.2, 0) is 4.74 Å². The Kier molecular flexibility index (Phi) is 3.52. The van der Waals surface area contributed by atoms with Crippen LogP contribution in [-0.4, -0.2) is 29.9 Å². The van der Waals surface area contributed by atoms with Gasteiger partial charge in [0.2, 0.25) is 6.23 Å². The number of benzene rings is 1. The van der Waals surface area contributed by atoms with Gasteiger partial charge in [-0.05, 0) is 20.8 Å². The van der Waals surface area contributed by atoms with Crippen LogP contribution in [0.3, 0.4) is 0 Å². The van der Waals surface area contributed by atoms with E-state index >= 15 is 0 Å². The van der Waals surface area contributed by atoms with Crippen molar-refractivity contribution in [3.05, 3.63) is 35.9 Å². The number of quaternary nitrogens is 1. The average molecular weight is 236 g/mol. The number of hydrogen-bond donors (Lipinski definition) is 2. The van der Waals surface area contributed by atoms with Crippen LogP contribution >= 0.6 is 0 Å². The average Bonchev–Trinajstić information content (AvgIpc) is 2.74. The van der Waals surface area contributed by atoms with E-state index in [2.05, 4.69) is 32.9 Å². The van der Waals surface area contributed by atoms with Gasteiger partial charge in [0.25, 0.3) is 0 Å². The van der Waals surface area contributed by atoms with Crippen LogP contribution < -0.4 is 4.90 Å². The Bertz CT molecular complexity index is 358. The second-order valence-electron chi connectivity index (χ2n) is 5.71. The van der Waals surface area contributed by atoms with Gasteiger partial charge in [-0.15, -0.1) is 0 Å². The molecular formula is C14H22NO2+. The normalized spacial score (nSPS) is 29.5. The second-order valence-corrected chi connectivity index (χ2v) is 5.71. The minimum absolute atomic E-state index is 0.0355. The molecule has 0 saturated carbocycles. The zero-order valence-corrected chi connectivity index (χ0v) is 10.8. The topological polar surface area (TPSA) is 33.9 Å². The molecule has 1 aromatic carbocycles. The Morgan fingerprint density at radius 3 is 2.47 bits per heavy atom. The van der Waals surface area contributed by atoms with Crippen LogP contribution in [0.1, 0.15) is 32.6 Å². The van der Waals surface area contributed by atoms with Gasteiger partial charge in [0.05, 0.1) is 12.1 Å². The molecule has 3 nitrogen and oxygen atoms in total. The molecule has 1 aromatic rings. The van der Waals surface area contributed by atoms with E-state index in [-0.39, 0.29) is 24.5 Å². The van der Waals surface area contributed by atoms with Gasteiger partial charge in [-0.2, -0.15) is 0 Å². The van der Waals surface area contributed by atoms with Gasteiger partial charge in [-0.3, -0.25) is 4.90 Å². The summed E-state index contributed by atoms with van der Waals surface area (Å²) in [6.07, 6.45) is -0.0113. The van der Waals surface area contributed by atoms with E-state index < -0.39 is 0 Å². The summed E-state index contributed by atoms with van der Waals surface area (Å²) in [6, 6.07) is 10.3. The fourth-order valence-electron chi connectivity index (χ4n) is 2.39. The van der Waals surface area contributed by atoms with Crippen LogP contribution in [0.2, 0.25) is 0 Å². The lowest BCUT2D eigenvalue weighted by atomic mass is 10.0. The number of hydrogen-bond acceptors (Lipinski definition) is 2. The summed E-state index contributed by atoms with van der Waals surface area (Å²) >= 11 is 0. The van der Waals surface area contributed by atoms with E-state index in [9.17, 15) is 5.11 Å². The second kappa shape index (κ2) is 4.77. The molecule has 2 N–H and O–H groups in total. The largest absolute Gasteiger partial charge is 0.393 e. The number of aliphatic hydroxyl groups excluding tert-OH is 1. The fourth-order valence-corrected chi connectivity index (χ4v) is 2.39. The Hall–Kier alpha value is -0.900. The molecule has 3 atom stereocenters. The molecule has 94 valence electrons. The van der Waals surface area contributed by atoms with Crippen molar-refractivity contribution in [3.8, 4) is 0 Å². The summed E-state index contributed by atoms with van der Waals surface area (Å²) in [5, 5.41) is 9.28. The molecule has 2 rings (SSSR count). The predicted molar refractivity (Wildman–Crippen MR) is 66.7 cm³/mol. The maximum Gasteiger partial charge on any atom is 0.219 e. The highest BCUT2D eigenvalue weighted by atomic mass is 16.5. The van der Waals surface area contributed by atoms with Crippen molar-refractivity contribution in [2.24, 2.45) is 0 Å². The number of ether oxygens (including phenoxy) is 1. The Morgan fingerprint density at radius 1 is 1.29 bits per heavy atom. The van der Waals surface area contributed by atoms with E-state index in [1.54, 1.807) is 0 Å². The number of rotatable bonds is 2. The van der Waals surface area contributed by atoms with Gasteiger partial charge in [0.1, 0.15) is 12.6 Å². The maximum absolute atomic E-state index is 9.28. The van der Waals surface area contributed by atoms with Gasteiger partial charge < -0.3 is 9.84 Å². The zero-order chi connectivity index (χ0) is 12.5.